The highest BCUT2D eigenvalue weighted by molar-refractivity contribution is 5.23. The average Bonchev–Trinajstić information content (AvgIpc) is 3.13. The van der Waals surface area contributed by atoms with Gasteiger partial charge in [-0.2, -0.15) is 0 Å². The predicted octanol–water partition coefficient (Wildman–Crippen LogP) is 1.79. The fourth-order valence-corrected chi connectivity index (χ4v) is 2.47. The Morgan fingerprint density at radius 1 is 1.47 bits per heavy atom. The van der Waals surface area contributed by atoms with Gasteiger partial charge in [0.25, 0.3) is 0 Å². The van der Waals surface area contributed by atoms with Gasteiger partial charge in [0, 0.05) is 7.11 Å². The number of benzene rings is 1. The molecule has 0 spiro atoms. The van der Waals surface area contributed by atoms with E-state index in [4.69, 9.17) is 10.6 Å². The van der Waals surface area contributed by atoms with Crippen molar-refractivity contribution in [3.05, 3.63) is 35.4 Å². The van der Waals surface area contributed by atoms with Crippen molar-refractivity contribution >= 4 is 0 Å². The van der Waals surface area contributed by atoms with Gasteiger partial charge >= 0.3 is 0 Å². The molecule has 3 nitrogen and oxygen atoms in total. The van der Waals surface area contributed by atoms with Crippen molar-refractivity contribution < 1.29 is 4.74 Å². The molecule has 94 valence electrons. The highest BCUT2D eigenvalue weighted by Crippen LogP contribution is 2.36. The molecule has 1 aliphatic carbocycles. The number of methoxy groups -OCH3 is 1. The van der Waals surface area contributed by atoms with Gasteiger partial charge < -0.3 is 4.74 Å². The molecule has 2 rings (SSSR count). The van der Waals surface area contributed by atoms with Crippen LogP contribution in [0.5, 0.6) is 0 Å². The number of hydrazine groups is 1. The maximum Gasteiger partial charge on any atom is 0.0769 e. The van der Waals surface area contributed by atoms with Crippen LogP contribution in [-0.4, -0.2) is 19.3 Å². The Hall–Kier alpha value is -0.900. The molecule has 1 saturated carbocycles. The van der Waals surface area contributed by atoms with Crippen LogP contribution in [0.15, 0.2) is 24.3 Å². The van der Waals surface area contributed by atoms with E-state index in [9.17, 15) is 0 Å². The molecule has 3 heteroatoms. The first-order valence-electron chi connectivity index (χ1n) is 6.29. The van der Waals surface area contributed by atoms with Crippen molar-refractivity contribution in [2.75, 3.05) is 7.11 Å². The lowest BCUT2D eigenvalue weighted by Crippen LogP contribution is -2.47. The van der Waals surface area contributed by atoms with Crippen molar-refractivity contribution in [2.45, 2.75) is 38.3 Å². The molecule has 3 N–H and O–H groups in total. The average molecular weight is 234 g/mol. The van der Waals surface area contributed by atoms with Crippen LogP contribution >= 0.6 is 0 Å². The van der Waals surface area contributed by atoms with Crippen LogP contribution in [0.2, 0.25) is 0 Å². The number of aryl methyl sites for hydroxylation is 1. The van der Waals surface area contributed by atoms with E-state index in [-0.39, 0.29) is 12.1 Å². The highest BCUT2D eigenvalue weighted by Gasteiger charge is 2.36. The summed E-state index contributed by atoms with van der Waals surface area (Å²) >= 11 is 0. The summed E-state index contributed by atoms with van der Waals surface area (Å²) < 4.78 is 5.59. The summed E-state index contributed by atoms with van der Waals surface area (Å²) in [4.78, 5) is 0. The van der Waals surface area contributed by atoms with Crippen molar-refractivity contribution in [1.82, 2.24) is 5.43 Å². The zero-order chi connectivity index (χ0) is 12.3. The Morgan fingerprint density at radius 2 is 2.24 bits per heavy atom. The van der Waals surface area contributed by atoms with Crippen LogP contribution in [-0.2, 0) is 11.2 Å². The molecule has 2 atom stereocenters. The summed E-state index contributed by atoms with van der Waals surface area (Å²) in [6.07, 6.45) is 3.70. The van der Waals surface area contributed by atoms with E-state index < -0.39 is 0 Å². The van der Waals surface area contributed by atoms with E-state index >= 15 is 0 Å². The van der Waals surface area contributed by atoms with E-state index in [1.807, 2.05) is 0 Å². The molecular formula is C14H22N2O. The summed E-state index contributed by atoms with van der Waals surface area (Å²) in [7, 11) is 1.78. The van der Waals surface area contributed by atoms with Gasteiger partial charge in [-0.1, -0.05) is 29.8 Å². The minimum atomic E-state index is 0.203. The largest absolute Gasteiger partial charge is 0.379 e. The second kappa shape index (κ2) is 5.63. The zero-order valence-corrected chi connectivity index (χ0v) is 10.6. The Labute approximate surface area is 103 Å². The zero-order valence-electron chi connectivity index (χ0n) is 10.6. The monoisotopic (exact) mass is 234 g/mol. The molecule has 2 unspecified atom stereocenters. The van der Waals surface area contributed by atoms with Crippen LogP contribution in [0.25, 0.3) is 0 Å². The number of hydrogen-bond acceptors (Lipinski definition) is 3. The van der Waals surface area contributed by atoms with E-state index in [0.717, 1.165) is 6.42 Å². The first-order valence-corrected chi connectivity index (χ1v) is 6.29. The molecule has 1 aromatic rings. The van der Waals surface area contributed by atoms with Crippen molar-refractivity contribution in [3.8, 4) is 0 Å². The molecular weight excluding hydrogens is 212 g/mol. The van der Waals surface area contributed by atoms with Gasteiger partial charge in [0.1, 0.15) is 0 Å². The number of ether oxygens (including phenoxy) is 1. The van der Waals surface area contributed by atoms with E-state index in [2.05, 4.69) is 36.6 Å². The van der Waals surface area contributed by atoms with Gasteiger partial charge in [-0.3, -0.25) is 11.3 Å². The van der Waals surface area contributed by atoms with Gasteiger partial charge in [-0.15, -0.1) is 0 Å². The Morgan fingerprint density at radius 3 is 2.76 bits per heavy atom. The van der Waals surface area contributed by atoms with Gasteiger partial charge in [-0.05, 0) is 37.7 Å². The third kappa shape index (κ3) is 3.28. The Kier molecular flexibility index (Phi) is 4.15. The first kappa shape index (κ1) is 12.6. The van der Waals surface area contributed by atoms with Crippen molar-refractivity contribution in [1.29, 1.82) is 0 Å². The van der Waals surface area contributed by atoms with Gasteiger partial charge in [-0.25, -0.2) is 0 Å². The third-order valence-electron chi connectivity index (χ3n) is 3.51. The lowest BCUT2D eigenvalue weighted by molar-refractivity contribution is 0.0511. The van der Waals surface area contributed by atoms with E-state index in [1.165, 1.54) is 24.0 Å². The van der Waals surface area contributed by atoms with Crippen LogP contribution < -0.4 is 11.3 Å². The second-order valence-corrected chi connectivity index (χ2v) is 5.00. The lowest BCUT2D eigenvalue weighted by Gasteiger charge is -2.25. The SMILES string of the molecule is COC(C1CC1)C(Cc1cccc(C)c1)NN. The summed E-state index contributed by atoms with van der Waals surface area (Å²) in [5, 5.41) is 0. The standard InChI is InChI=1S/C14H22N2O/c1-10-4-3-5-11(8-10)9-13(16-15)14(17-2)12-6-7-12/h3-5,8,12-14,16H,6-7,9,15H2,1-2H3. The molecule has 1 aromatic carbocycles. The predicted molar refractivity (Wildman–Crippen MR) is 69.5 cm³/mol. The maximum absolute atomic E-state index is 5.67. The number of nitrogens with one attached hydrogen (secondary N) is 1. The Balaban J connectivity index is 2.03. The molecule has 0 heterocycles. The van der Waals surface area contributed by atoms with Crippen molar-refractivity contribution in [2.24, 2.45) is 11.8 Å². The minimum absolute atomic E-state index is 0.203. The second-order valence-electron chi connectivity index (χ2n) is 5.00. The van der Waals surface area contributed by atoms with Gasteiger partial charge in [0.2, 0.25) is 0 Å². The van der Waals surface area contributed by atoms with Crippen LogP contribution in [0.4, 0.5) is 0 Å². The van der Waals surface area contributed by atoms with Crippen LogP contribution in [0.1, 0.15) is 24.0 Å². The summed E-state index contributed by atoms with van der Waals surface area (Å²) in [5.74, 6) is 6.36. The lowest BCUT2D eigenvalue weighted by atomic mass is 9.98. The summed E-state index contributed by atoms with van der Waals surface area (Å²) in [6, 6.07) is 8.77. The highest BCUT2D eigenvalue weighted by atomic mass is 16.5. The molecule has 0 aromatic heterocycles. The summed E-state index contributed by atoms with van der Waals surface area (Å²) in [6.45, 7) is 2.11. The first-order chi connectivity index (χ1) is 8.24. The van der Waals surface area contributed by atoms with Crippen LogP contribution in [0.3, 0.4) is 0 Å². The fraction of sp³-hybridized carbons (Fsp3) is 0.571. The number of nitrogens with two attached hydrogens (primary N) is 1. The smallest absolute Gasteiger partial charge is 0.0769 e. The van der Waals surface area contributed by atoms with Crippen LogP contribution in [0, 0.1) is 12.8 Å². The van der Waals surface area contributed by atoms with E-state index in [0.29, 0.717) is 5.92 Å². The molecule has 1 aliphatic rings. The third-order valence-corrected chi connectivity index (χ3v) is 3.51. The normalized spacial score (nSPS) is 19.0. The number of hydrogen-bond donors (Lipinski definition) is 2. The van der Waals surface area contributed by atoms with Crippen molar-refractivity contribution in [3.63, 3.8) is 0 Å². The quantitative estimate of drug-likeness (QED) is 0.583. The molecule has 1 fully saturated rings. The number of rotatable bonds is 6. The molecule has 0 bridgehead atoms. The molecule has 0 saturated heterocycles. The molecule has 0 radical (unpaired) electrons. The molecule has 0 amide bonds. The van der Waals surface area contributed by atoms with E-state index in [1.54, 1.807) is 7.11 Å². The molecule has 0 aliphatic heterocycles. The van der Waals surface area contributed by atoms with Gasteiger partial charge in [0.15, 0.2) is 0 Å². The van der Waals surface area contributed by atoms with Gasteiger partial charge in [0.05, 0.1) is 12.1 Å². The minimum Gasteiger partial charge on any atom is -0.379 e. The fourth-order valence-electron chi connectivity index (χ4n) is 2.47. The molecule has 17 heavy (non-hydrogen) atoms. The summed E-state index contributed by atoms with van der Waals surface area (Å²) in [5.41, 5.74) is 5.52. The Bertz CT molecular complexity index is 363. The topological polar surface area (TPSA) is 47.3 Å². The maximum atomic E-state index is 5.67.